The molecule has 3 nitrogen and oxygen atoms in total. The van der Waals surface area contributed by atoms with Crippen LogP contribution in [0.15, 0.2) is 146 Å². The molecule has 2 aliphatic carbocycles. The number of hydrogen-bond acceptors (Lipinski definition) is 3. The molecule has 4 atom stereocenters. The zero-order valence-electron chi connectivity index (χ0n) is 43.9. The van der Waals surface area contributed by atoms with Gasteiger partial charge in [0.2, 0.25) is 0 Å². The molecule has 0 N–H and O–H groups in total. The van der Waals surface area contributed by atoms with Crippen molar-refractivity contribution in [3.8, 4) is 0 Å². The molecule has 7 aliphatic rings. The van der Waals surface area contributed by atoms with Crippen LogP contribution in [0.25, 0.3) is 0 Å². The van der Waals surface area contributed by atoms with Gasteiger partial charge in [0.1, 0.15) is 0 Å². The Morgan fingerprint density at radius 3 is 1.24 bits per heavy atom. The lowest BCUT2D eigenvalue weighted by Gasteiger charge is -2.55. The fourth-order valence-electron chi connectivity index (χ4n) is 16.4. The van der Waals surface area contributed by atoms with Crippen molar-refractivity contribution in [1.82, 2.24) is 0 Å². The van der Waals surface area contributed by atoms with E-state index in [4.69, 9.17) is 0 Å². The van der Waals surface area contributed by atoms with Gasteiger partial charge in [-0.15, -0.1) is 0 Å². The summed E-state index contributed by atoms with van der Waals surface area (Å²) in [4.78, 5) is 8.62. The molecule has 5 aliphatic heterocycles. The first-order valence-electron chi connectivity index (χ1n) is 27.2. The van der Waals surface area contributed by atoms with Crippen molar-refractivity contribution in [3.05, 3.63) is 190 Å². The third-order valence-electron chi connectivity index (χ3n) is 20.5. The van der Waals surface area contributed by atoms with Crippen molar-refractivity contribution >= 4 is 62.9 Å². The van der Waals surface area contributed by atoms with Crippen molar-refractivity contribution in [1.29, 1.82) is 0 Å². The lowest BCUT2D eigenvalue weighted by atomic mass is 9.33. The number of benzene rings is 7. The van der Waals surface area contributed by atoms with Gasteiger partial charge in [0.25, 0.3) is 6.71 Å². The van der Waals surface area contributed by atoms with Gasteiger partial charge in [0.05, 0.1) is 33.6 Å². The summed E-state index contributed by atoms with van der Waals surface area (Å²) in [5, 5.41) is 0. The zero-order valence-corrected chi connectivity index (χ0v) is 43.9. The maximum absolute atomic E-state index is 2.97. The molecule has 0 amide bonds. The van der Waals surface area contributed by atoms with Gasteiger partial charge in [-0.05, 0) is 136 Å². The Balaban J connectivity index is 1.13. The van der Waals surface area contributed by atoms with Gasteiger partial charge in [-0.3, -0.25) is 0 Å². The Hall–Kier alpha value is -6.00. The Labute approximate surface area is 424 Å². The Morgan fingerprint density at radius 2 is 0.817 bits per heavy atom. The maximum Gasteiger partial charge on any atom is 0.252 e. The molecule has 0 aromatic heterocycles. The first-order valence-corrected chi connectivity index (χ1v) is 27.2. The van der Waals surface area contributed by atoms with Gasteiger partial charge >= 0.3 is 0 Å². The molecule has 7 aromatic carbocycles. The van der Waals surface area contributed by atoms with Crippen molar-refractivity contribution < 1.29 is 0 Å². The molecule has 356 valence electrons. The number of fused-ring (bicyclic) bond motifs is 12. The van der Waals surface area contributed by atoms with Crippen LogP contribution in [0, 0.1) is 0 Å². The molecule has 0 spiro atoms. The zero-order chi connectivity index (χ0) is 48.8. The molecule has 7 aromatic rings. The van der Waals surface area contributed by atoms with E-state index < -0.39 is 5.41 Å². The van der Waals surface area contributed by atoms with Crippen molar-refractivity contribution in [2.45, 2.75) is 159 Å². The average Bonchev–Trinajstić information content (AvgIpc) is 3.72. The normalized spacial score (nSPS) is 25.9. The summed E-state index contributed by atoms with van der Waals surface area (Å²) in [6.45, 7) is 25.4. The molecular formula is C67H70BN3. The molecule has 0 saturated heterocycles. The summed E-state index contributed by atoms with van der Waals surface area (Å²) in [6, 6.07) is 57.5. The smallest absolute Gasteiger partial charge is 0.252 e. The van der Waals surface area contributed by atoms with E-state index in [9.17, 15) is 0 Å². The monoisotopic (exact) mass is 928 g/mol. The number of para-hydroxylation sites is 2. The second-order valence-electron chi connectivity index (χ2n) is 25.9. The Morgan fingerprint density at radius 1 is 0.423 bits per heavy atom. The average molecular weight is 928 g/mol. The van der Waals surface area contributed by atoms with Gasteiger partial charge < -0.3 is 14.7 Å². The summed E-state index contributed by atoms with van der Waals surface area (Å²) in [5.41, 5.74) is 24.8. The van der Waals surface area contributed by atoms with Crippen LogP contribution in [-0.4, -0.2) is 17.8 Å². The van der Waals surface area contributed by atoms with Gasteiger partial charge in [0.15, 0.2) is 0 Å². The van der Waals surface area contributed by atoms with Crippen LogP contribution in [0.5, 0.6) is 0 Å². The summed E-state index contributed by atoms with van der Waals surface area (Å²) < 4.78 is 0. The molecule has 14 rings (SSSR count). The number of hydrogen-bond donors (Lipinski definition) is 0. The molecule has 0 radical (unpaired) electrons. The van der Waals surface area contributed by atoms with Crippen LogP contribution < -0.4 is 31.1 Å². The standard InChI is InChI=1S/C67H70BN3/c1-61(2,3)45-37-50-59-52(39-45)68-53-40-46(62(4,5)6)38-51-60(53)71(66(10)36-24-22-34-64(51,66)8)57-42-47(41-56(58(57)68)70(59)65(9)35-23-21-33-63(50,65)7)69-54-31-19-17-29-48(54)67(43-25-13-11-14-26-43,44-27-15-12-16-28-44)49-30-18-20-32-55(49)69/h11-20,25-32,37-42H,21-24,33-36H2,1-10H3. The predicted octanol–water partition coefficient (Wildman–Crippen LogP) is 15.1. The summed E-state index contributed by atoms with van der Waals surface area (Å²) in [5.74, 6) is 0. The van der Waals surface area contributed by atoms with Crippen molar-refractivity contribution in [2.24, 2.45) is 0 Å². The number of anilines is 7. The lowest BCUT2D eigenvalue weighted by Crippen LogP contribution is -2.66. The Kier molecular flexibility index (Phi) is 8.72. The second kappa shape index (κ2) is 14.1. The summed E-state index contributed by atoms with van der Waals surface area (Å²) in [7, 11) is 0. The minimum absolute atomic E-state index is 0.00289. The maximum atomic E-state index is 2.97. The fraction of sp³-hybridized carbons (Fsp3) is 0.373. The minimum atomic E-state index is -0.532. The molecule has 0 bridgehead atoms. The van der Waals surface area contributed by atoms with E-state index in [-0.39, 0.29) is 39.5 Å². The van der Waals surface area contributed by atoms with Gasteiger partial charge in [-0.2, -0.15) is 0 Å². The van der Waals surface area contributed by atoms with Crippen LogP contribution >= 0.6 is 0 Å². The second-order valence-corrected chi connectivity index (χ2v) is 25.9. The van der Waals surface area contributed by atoms with Gasteiger partial charge in [-0.1, -0.05) is 202 Å². The molecule has 4 unspecified atom stereocenters. The van der Waals surface area contributed by atoms with Gasteiger partial charge in [0, 0.05) is 33.6 Å². The van der Waals surface area contributed by atoms with Gasteiger partial charge in [-0.25, -0.2) is 0 Å². The number of rotatable bonds is 3. The summed E-state index contributed by atoms with van der Waals surface area (Å²) in [6.07, 6.45) is 9.80. The fourth-order valence-corrected chi connectivity index (χ4v) is 16.4. The van der Waals surface area contributed by atoms with Crippen LogP contribution in [0.4, 0.5) is 39.8 Å². The molecular weight excluding hydrogens is 858 g/mol. The highest BCUT2D eigenvalue weighted by molar-refractivity contribution is 7.00. The predicted molar refractivity (Wildman–Crippen MR) is 301 cm³/mol. The SMILES string of the molecule is CC(C)(C)c1cc2c3c(c1)C1(C)CCCCC1(C)N3c1cc(N3c4ccccc4C(c4ccccc4)(c4ccccc4)c4ccccc43)cc3c1B2c1cc(C(C)(C)C)cc2c1N3C1(C)CCCCC21C. The lowest BCUT2D eigenvalue weighted by molar-refractivity contribution is 0.194. The minimum Gasteiger partial charge on any atom is -0.335 e. The molecule has 5 heterocycles. The van der Waals surface area contributed by atoms with E-state index in [2.05, 4.69) is 230 Å². The van der Waals surface area contributed by atoms with E-state index in [0.717, 1.165) is 0 Å². The van der Waals surface area contributed by atoms with E-state index >= 15 is 0 Å². The number of nitrogens with zero attached hydrogens (tertiary/aromatic N) is 3. The molecule has 71 heavy (non-hydrogen) atoms. The first-order chi connectivity index (χ1) is 34.0. The van der Waals surface area contributed by atoms with Crippen molar-refractivity contribution in [3.63, 3.8) is 0 Å². The van der Waals surface area contributed by atoms with E-state index in [1.165, 1.54) is 141 Å². The summed E-state index contributed by atoms with van der Waals surface area (Å²) >= 11 is 0. The van der Waals surface area contributed by atoms with Crippen molar-refractivity contribution in [2.75, 3.05) is 14.7 Å². The topological polar surface area (TPSA) is 9.72 Å². The van der Waals surface area contributed by atoms with E-state index in [0.29, 0.717) is 0 Å². The molecule has 2 fully saturated rings. The van der Waals surface area contributed by atoms with Crippen LogP contribution in [0.1, 0.15) is 165 Å². The molecule has 4 heteroatoms. The third-order valence-corrected chi connectivity index (χ3v) is 20.5. The highest BCUT2D eigenvalue weighted by Gasteiger charge is 2.65. The first kappa shape index (κ1) is 43.8. The quantitative estimate of drug-likeness (QED) is 0.164. The largest absolute Gasteiger partial charge is 0.335 e. The van der Waals surface area contributed by atoms with E-state index in [1.54, 1.807) is 11.1 Å². The van der Waals surface area contributed by atoms with Crippen LogP contribution in [0.2, 0.25) is 0 Å². The van der Waals surface area contributed by atoms with Crippen LogP contribution in [-0.2, 0) is 27.1 Å². The third kappa shape index (κ3) is 5.27. The Bertz CT molecular complexity index is 3180. The van der Waals surface area contributed by atoms with E-state index in [1.807, 2.05) is 0 Å². The highest BCUT2D eigenvalue weighted by atomic mass is 15.3. The van der Waals surface area contributed by atoms with Crippen LogP contribution in [0.3, 0.4) is 0 Å². The molecule has 2 saturated carbocycles. The highest BCUT2D eigenvalue weighted by Crippen LogP contribution is 2.67.